The highest BCUT2D eigenvalue weighted by molar-refractivity contribution is 6.39. The summed E-state index contributed by atoms with van der Waals surface area (Å²) in [5, 5.41) is 9.07. The van der Waals surface area contributed by atoms with Crippen molar-refractivity contribution in [1.29, 1.82) is 0 Å². The molecule has 10 heteroatoms. The van der Waals surface area contributed by atoms with Gasteiger partial charge in [-0.05, 0) is 67.4 Å². The fourth-order valence-electron chi connectivity index (χ4n) is 3.16. The standard InChI is InChI=1S/C27H28N4O6/c1-4-36-24-14-19(11-12-23(24)37-17-25(32)29-20-8-5-7-18(2)13-20)16-28-31-27(34)26(33)30-21-9-6-10-22(15-21)35-3/h5-16H,4,17H2,1-3H3,(H,29,32)(H,30,33)(H,31,34)/b28-16-. The number of rotatable bonds is 10. The quantitative estimate of drug-likeness (QED) is 0.220. The van der Waals surface area contributed by atoms with Crippen molar-refractivity contribution in [2.45, 2.75) is 13.8 Å². The Hall–Kier alpha value is -4.86. The Kier molecular flexibility index (Phi) is 9.60. The van der Waals surface area contributed by atoms with Crippen LogP contribution in [0, 0.1) is 6.92 Å². The molecule has 0 saturated heterocycles. The van der Waals surface area contributed by atoms with Gasteiger partial charge >= 0.3 is 11.8 Å². The van der Waals surface area contributed by atoms with Crippen LogP contribution in [-0.2, 0) is 14.4 Å². The van der Waals surface area contributed by atoms with Crippen molar-refractivity contribution in [3.63, 3.8) is 0 Å². The van der Waals surface area contributed by atoms with Crippen LogP contribution >= 0.6 is 0 Å². The Morgan fingerprint density at radius 2 is 1.62 bits per heavy atom. The van der Waals surface area contributed by atoms with Crippen molar-refractivity contribution in [3.8, 4) is 17.2 Å². The molecule has 0 fully saturated rings. The van der Waals surface area contributed by atoms with Crippen LogP contribution in [0.25, 0.3) is 0 Å². The molecular weight excluding hydrogens is 476 g/mol. The predicted molar refractivity (Wildman–Crippen MR) is 140 cm³/mol. The van der Waals surface area contributed by atoms with Crippen molar-refractivity contribution in [1.82, 2.24) is 5.43 Å². The van der Waals surface area contributed by atoms with Gasteiger partial charge in [0.25, 0.3) is 5.91 Å². The highest BCUT2D eigenvalue weighted by Gasteiger charge is 2.13. The van der Waals surface area contributed by atoms with E-state index in [9.17, 15) is 14.4 Å². The van der Waals surface area contributed by atoms with Gasteiger partial charge in [-0.25, -0.2) is 5.43 Å². The number of nitrogens with zero attached hydrogens (tertiary/aromatic N) is 1. The fraction of sp³-hybridized carbons (Fsp3) is 0.185. The largest absolute Gasteiger partial charge is 0.497 e. The van der Waals surface area contributed by atoms with E-state index in [1.807, 2.05) is 32.0 Å². The number of carbonyl (C=O) groups is 3. The molecule has 0 atom stereocenters. The molecule has 3 aromatic carbocycles. The third kappa shape index (κ3) is 8.39. The molecule has 0 heterocycles. The van der Waals surface area contributed by atoms with Gasteiger partial charge in [0.1, 0.15) is 5.75 Å². The lowest BCUT2D eigenvalue weighted by Gasteiger charge is -2.13. The molecule has 0 radical (unpaired) electrons. The summed E-state index contributed by atoms with van der Waals surface area (Å²) in [6.07, 6.45) is 1.35. The van der Waals surface area contributed by atoms with Gasteiger partial charge in [-0.3, -0.25) is 14.4 Å². The van der Waals surface area contributed by atoms with Gasteiger partial charge in [0.15, 0.2) is 18.1 Å². The predicted octanol–water partition coefficient (Wildman–Crippen LogP) is 3.51. The minimum atomic E-state index is -0.941. The molecule has 0 unspecified atom stereocenters. The number of hydrogen-bond donors (Lipinski definition) is 3. The van der Waals surface area contributed by atoms with E-state index >= 15 is 0 Å². The maximum Gasteiger partial charge on any atom is 0.329 e. The molecule has 0 aliphatic carbocycles. The van der Waals surface area contributed by atoms with Crippen molar-refractivity contribution < 1.29 is 28.6 Å². The topological polar surface area (TPSA) is 127 Å². The molecule has 10 nitrogen and oxygen atoms in total. The normalized spacial score (nSPS) is 10.5. The second-order valence-electron chi connectivity index (χ2n) is 7.73. The highest BCUT2D eigenvalue weighted by Crippen LogP contribution is 2.28. The van der Waals surface area contributed by atoms with Gasteiger partial charge < -0.3 is 24.8 Å². The van der Waals surface area contributed by atoms with Crippen molar-refractivity contribution in [3.05, 3.63) is 77.9 Å². The average Bonchev–Trinajstić information content (AvgIpc) is 2.88. The Morgan fingerprint density at radius 3 is 2.35 bits per heavy atom. The third-order valence-corrected chi connectivity index (χ3v) is 4.84. The number of methoxy groups -OCH3 is 1. The summed E-state index contributed by atoms with van der Waals surface area (Å²) in [5.41, 5.74) is 4.88. The number of hydrogen-bond acceptors (Lipinski definition) is 7. The molecule has 37 heavy (non-hydrogen) atoms. The number of aryl methyl sites for hydroxylation is 1. The zero-order valence-corrected chi connectivity index (χ0v) is 20.7. The number of anilines is 2. The average molecular weight is 505 g/mol. The van der Waals surface area contributed by atoms with Gasteiger partial charge in [-0.2, -0.15) is 5.10 Å². The summed E-state index contributed by atoms with van der Waals surface area (Å²) in [6.45, 7) is 3.91. The van der Waals surface area contributed by atoms with Gasteiger partial charge in [0.05, 0.1) is 19.9 Å². The van der Waals surface area contributed by atoms with Crippen LogP contribution in [0.3, 0.4) is 0 Å². The number of ether oxygens (including phenoxy) is 3. The van der Waals surface area contributed by atoms with Crippen LogP contribution in [0.2, 0.25) is 0 Å². The van der Waals surface area contributed by atoms with Gasteiger partial charge in [0, 0.05) is 17.4 Å². The van der Waals surface area contributed by atoms with Gasteiger partial charge in [-0.15, -0.1) is 0 Å². The van der Waals surface area contributed by atoms with Crippen LogP contribution in [0.15, 0.2) is 71.8 Å². The smallest absolute Gasteiger partial charge is 0.329 e. The minimum Gasteiger partial charge on any atom is -0.497 e. The van der Waals surface area contributed by atoms with Crippen LogP contribution in [0.5, 0.6) is 17.2 Å². The van der Waals surface area contributed by atoms with E-state index in [-0.39, 0.29) is 12.5 Å². The number of hydrazone groups is 1. The first kappa shape index (κ1) is 26.7. The van der Waals surface area contributed by atoms with E-state index in [0.717, 1.165) is 5.56 Å². The SMILES string of the molecule is CCOc1cc(/C=N\NC(=O)C(=O)Nc2cccc(OC)c2)ccc1OCC(=O)Nc1cccc(C)c1. The van der Waals surface area contributed by atoms with E-state index in [4.69, 9.17) is 14.2 Å². The van der Waals surface area contributed by atoms with E-state index in [1.165, 1.54) is 13.3 Å². The van der Waals surface area contributed by atoms with E-state index < -0.39 is 11.8 Å². The van der Waals surface area contributed by atoms with E-state index in [1.54, 1.807) is 48.5 Å². The molecule has 3 amide bonds. The van der Waals surface area contributed by atoms with Crippen molar-refractivity contribution in [2.24, 2.45) is 5.10 Å². The maximum absolute atomic E-state index is 12.3. The second kappa shape index (κ2) is 13.3. The van der Waals surface area contributed by atoms with Gasteiger partial charge in [-0.1, -0.05) is 18.2 Å². The van der Waals surface area contributed by atoms with Crippen molar-refractivity contribution >= 4 is 35.3 Å². The fourth-order valence-corrected chi connectivity index (χ4v) is 3.16. The number of amides is 3. The third-order valence-electron chi connectivity index (χ3n) is 4.84. The van der Waals surface area contributed by atoms with Crippen LogP contribution < -0.4 is 30.3 Å². The molecule has 0 aliphatic rings. The van der Waals surface area contributed by atoms with Gasteiger partial charge in [0.2, 0.25) is 0 Å². The lowest BCUT2D eigenvalue weighted by Crippen LogP contribution is -2.32. The number of benzene rings is 3. The monoisotopic (exact) mass is 504 g/mol. The van der Waals surface area contributed by atoms with E-state index in [2.05, 4.69) is 21.2 Å². The summed E-state index contributed by atoms with van der Waals surface area (Å²) in [7, 11) is 1.50. The lowest BCUT2D eigenvalue weighted by molar-refractivity contribution is -0.136. The Bertz CT molecular complexity index is 1290. The summed E-state index contributed by atoms with van der Waals surface area (Å²) in [4.78, 5) is 36.4. The first-order chi connectivity index (χ1) is 17.9. The molecule has 3 rings (SSSR count). The molecular formula is C27H28N4O6. The molecule has 0 aromatic heterocycles. The summed E-state index contributed by atoms with van der Waals surface area (Å²) < 4.78 is 16.3. The number of nitrogens with one attached hydrogen (secondary N) is 3. The van der Waals surface area contributed by atoms with Crippen molar-refractivity contribution in [2.75, 3.05) is 31.0 Å². The molecule has 0 spiro atoms. The zero-order chi connectivity index (χ0) is 26.6. The van der Waals surface area contributed by atoms with Crippen LogP contribution in [0.1, 0.15) is 18.1 Å². The summed E-state index contributed by atoms with van der Waals surface area (Å²) >= 11 is 0. The molecule has 192 valence electrons. The highest BCUT2D eigenvalue weighted by atomic mass is 16.5. The molecule has 3 N–H and O–H groups in total. The lowest BCUT2D eigenvalue weighted by atomic mass is 10.2. The first-order valence-corrected chi connectivity index (χ1v) is 11.4. The van der Waals surface area contributed by atoms with Crippen LogP contribution in [-0.4, -0.2) is 44.3 Å². The zero-order valence-electron chi connectivity index (χ0n) is 20.7. The number of carbonyl (C=O) groups excluding carboxylic acids is 3. The molecule has 0 saturated carbocycles. The first-order valence-electron chi connectivity index (χ1n) is 11.4. The van der Waals surface area contributed by atoms with E-state index in [0.29, 0.717) is 40.8 Å². The minimum absolute atomic E-state index is 0.208. The molecule has 3 aromatic rings. The Balaban J connectivity index is 1.55. The Morgan fingerprint density at radius 1 is 0.865 bits per heavy atom. The Labute approximate surface area is 214 Å². The summed E-state index contributed by atoms with van der Waals surface area (Å²) in [6, 6.07) is 19.0. The second-order valence-corrected chi connectivity index (χ2v) is 7.73. The van der Waals surface area contributed by atoms with Crippen LogP contribution in [0.4, 0.5) is 11.4 Å². The summed E-state index contributed by atoms with van der Waals surface area (Å²) in [5.74, 6) is -0.817. The maximum atomic E-state index is 12.3. The molecule has 0 aliphatic heterocycles. The molecule has 0 bridgehead atoms.